The molecular formula is C15H20NO2. The van der Waals surface area contributed by atoms with E-state index < -0.39 is 6.09 Å². The maximum atomic E-state index is 11.4. The summed E-state index contributed by atoms with van der Waals surface area (Å²) in [5.41, 5.74) is 0. The normalized spacial score (nSPS) is 15.6. The lowest BCUT2D eigenvalue weighted by Gasteiger charge is -2.08. The van der Waals surface area contributed by atoms with Gasteiger partial charge in [-0.3, -0.25) is 0 Å². The average molecular weight is 246 g/mol. The Labute approximate surface area is 109 Å². The van der Waals surface area contributed by atoms with Gasteiger partial charge in [0.05, 0.1) is 0 Å². The first-order valence-corrected chi connectivity index (χ1v) is 6.79. The van der Waals surface area contributed by atoms with Gasteiger partial charge in [-0.15, -0.1) is 0 Å². The number of hydrogen-bond donors (Lipinski definition) is 0. The Kier molecular flexibility index (Phi) is 5.06. The van der Waals surface area contributed by atoms with Crippen LogP contribution in [0, 0.1) is 5.92 Å². The third-order valence-corrected chi connectivity index (χ3v) is 3.43. The Morgan fingerprint density at radius 2 is 1.94 bits per heavy atom. The van der Waals surface area contributed by atoms with Crippen molar-refractivity contribution in [3.63, 3.8) is 0 Å². The van der Waals surface area contributed by atoms with Gasteiger partial charge >= 0.3 is 6.09 Å². The van der Waals surface area contributed by atoms with Crippen molar-refractivity contribution >= 4 is 6.09 Å². The van der Waals surface area contributed by atoms with Gasteiger partial charge < -0.3 is 4.74 Å². The Hall–Kier alpha value is -1.51. The minimum atomic E-state index is -0.479. The van der Waals surface area contributed by atoms with E-state index >= 15 is 0 Å². The third-order valence-electron chi connectivity index (χ3n) is 3.43. The predicted molar refractivity (Wildman–Crippen MR) is 70.7 cm³/mol. The zero-order valence-electron chi connectivity index (χ0n) is 10.7. The van der Waals surface area contributed by atoms with Crippen molar-refractivity contribution in [2.24, 2.45) is 5.92 Å². The Balaban J connectivity index is 1.57. The highest BCUT2D eigenvalue weighted by Gasteiger charge is 2.14. The van der Waals surface area contributed by atoms with Gasteiger partial charge in [0.2, 0.25) is 0 Å². The van der Waals surface area contributed by atoms with Crippen molar-refractivity contribution in [2.75, 3.05) is 6.54 Å². The van der Waals surface area contributed by atoms with Crippen LogP contribution in [0.15, 0.2) is 30.3 Å². The van der Waals surface area contributed by atoms with Crippen LogP contribution in [0.2, 0.25) is 0 Å². The molecule has 0 aromatic heterocycles. The highest BCUT2D eigenvalue weighted by Crippen LogP contribution is 2.28. The molecule has 1 radical (unpaired) electrons. The fourth-order valence-corrected chi connectivity index (χ4v) is 2.47. The predicted octanol–water partition coefficient (Wildman–Crippen LogP) is 3.76. The van der Waals surface area contributed by atoms with Gasteiger partial charge in [-0.2, -0.15) is 0 Å². The molecule has 1 fully saturated rings. The number of nitrogens with zero attached hydrogens (tertiary/aromatic N) is 1. The fraction of sp³-hybridized carbons (Fsp3) is 0.533. The number of ether oxygens (including phenoxy) is 1. The Bertz CT molecular complexity index is 358. The lowest BCUT2D eigenvalue weighted by Crippen LogP contribution is -2.21. The lowest BCUT2D eigenvalue weighted by atomic mass is 10.0. The summed E-state index contributed by atoms with van der Waals surface area (Å²) in [6.07, 6.45) is 7.17. The molecule has 3 heteroatoms. The lowest BCUT2D eigenvalue weighted by molar-refractivity contribution is 0.199. The molecule has 1 amide bonds. The molecule has 1 aliphatic rings. The Morgan fingerprint density at radius 1 is 1.22 bits per heavy atom. The van der Waals surface area contributed by atoms with Gasteiger partial charge in [0.25, 0.3) is 0 Å². The second kappa shape index (κ2) is 7.04. The van der Waals surface area contributed by atoms with Crippen LogP contribution in [0.5, 0.6) is 5.75 Å². The molecule has 0 heterocycles. The van der Waals surface area contributed by atoms with E-state index in [2.05, 4.69) is 5.32 Å². The van der Waals surface area contributed by atoms with Gasteiger partial charge in [-0.25, -0.2) is 10.1 Å². The summed E-state index contributed by atoms with van der Waals surface area (Å²) in [6, 6.07) is 9.07. The van der Waals surface area contributed by atoms with Crippen molar-refractivity contribution in [2.45, 2.75) is 38.5 Å². The van der Waals surface area contributed by atoms with Gasteiger partial charge in [0, 0.05) is 6.54 Å². The quantitative estimate of drug-likeness (QED) is 0.742. The first kappa shape index (κ1) is 12.9. The summed E-state index contributed by atoms with van der Waals surface area (Å²) < 4.78 is 5.08. The van der Waals surface area contributed by atoms with Gasteiger partial charge in [0.1, 0.15) is 5.75 Å². The van der Waals surface area contributed by atoms with Crippen molar-refractivity contribution in [1.82, 2.24) is 5.32 Å². The molecule has 1 aromatic carbocycles. The molecule has 97 valence electrons. The molecule has 0 bridgehead atoms. The second-order valence-electron chi connectivity index (χ2n) is 4.86. The summed E-state index contributed by atoms with van der Waals surface area (Å²) in [4.78, 5) is 11.4. The minimum Gasteiger partial charge on any atom is -0.409 e. The van der Waals surface area contributed by atoms with Crippen molar-refractivity contribution in [1.29, 1.82) is 0 Å². The van der Waals surface area contributed by atoms with E-state index in [9.17, 15) is 4.79 Å². The average Bonchev–Trinajstić information content (AvgIpc) is 2.89. The smallest absolute Gasteiger partial charge is 0.409 e. The molecule has 0 unspecified atom stereocenters. The number of amides is 1. The Morgan fingerprint density at radius 3 is 2.67 bits per heavy atom. The summed E-state index contributed by atoms with van der Waals surface area (Å²) >= 11 is 0. The van der Waals surface area contributed by atoms with Crippen molar-refractivity contribution in [3.8, 4) is 5.75 Å². The second-order valence-corrected chi connectivity index (χ2v) is 4.86. The molecule has 1 aromatic rings. The van der Waals surface area contributed by atoms with Crippen LogP contribution in [0.25, 0.3) is 0 Å². The van der Waals surface area contributed by atoms with E-state index in [4.69, 9.17) is 4.74 Å². The largest absolute Gasteiger partial charge is 0.434 e. The molecule has 1 saturated carbocycles. The minimum absolute atomic E-state index is 0.479. The van der Waals surface area contributed by atoms with Crippen LogP contribution >= 0.6 is 0 Å². The van der Waals surface area contributed by atoms with Crippen molar-refractivity contribution in [3.05, 3.63) is 30.3 Å². The van der Waals surface area contributed by atoms with E-state index in [0.717, 1.165) is 12.3 Å². The van der Waals surface area contributed by atoms with Crippen LogP contribution in [-0.2, 0) is 0 Å². The maximum absolute atomic E-state index is 11.4. The van der Waals surface area contributed by atoms with Crippen LogP contribution in [0.4, 0.5) is 4.79 Å². The molecule has 0 spiro atoms. The summed E-state index contributed by atoms with van der Waals surface area (Å²) in [6.45, 7) is 0.585. The molecule has 0 atom stereocenters. The number of benzene rings is 1. The summed E-state index contributed by atoms with van der Waals surface area (Å²) in [5, 5.41) is 3.92. The number of carbonyl (C=O) groups excluding carboxylic acids is 1. The number of rotatable bonds is 5. The van der Waals surface area contributed by atoms with Crippen LogP contribution < -0.4 is 10.1 Å². The third kappa shape index (κ3) is 4.40. The SMILES string of the molecule is O=C([N]CCCC1CCCC1)Oc1ccccc1. The molecular weight excluding hydrogens is 226 g/mol. The molecule has 0 aliphatic heterocycles. The van der Waals surface area contributed by atoms with E-state index in [1.54, 1.807) is 12.1 Å². The summed E-state index contributed by atoms with van der Waals surface area (Å²) in [7, 11) is 0. The van der Waals surface area contributed by atoms with Crippen LogP contribution in [0.1, 0.15) is 38.5 Å². The van der Waals surface area contributed by atoms with Gasteiger partial charge in [0.15, 0.2) is 0 Å². The van der Waals surface area contributed by atoms with Crippen LogP contribution in [-0.4, -0.2) is 12.6 Å². The molecule has 0 saturated heterocycles. The molecule has 1 aliphatic carbocycles. The zero-order valence-corrected chi connectivity index (χ0v) is 10.7. The van der Waals surface area contributed by atoms with E-state index in [0.29, 0.717) is 12.3 Å². The van der Waals surface area contributed by atoms with E-state index in [1.165, 1.54) is 32.1 Å². The topological polar surface area (TPSA) is 40.4 Å². The standard InChI is InChI=1S/C15H20NO2/c17-15(18-14-10-2-1-3-11-14)16-12-6-9-13-7-4-5-8-13/h1-3,10-11,13H,4-9,12H2. The first-order valence-electron chi connectivity index (χ1n) is 6.79. The molecule has 2 rings (SSSR count). The number of para-hydroxylation sites is 1. The fourth-order valence-electron chi connectivity index (χ4n) is 2.47. The molecule has 18 heavy (non-hydrogen) atoms. The van der Waals surface area contributed by atoms with E-state index in [-0.39, 0.29) is 0 Å². The highest BCUT2D eigenvalue weighted by atomic mass is 16.5. The van der Waals surface area contributed by atoms with Gasteiger partial charge in [-0.05, 0) is 30.9 Å². The first-order chi connectivity index (χ1) is 8.84. The monoisotopic (exact) mass is 246 g/mol. The highest BCUT2D eigenvalue weighted by molar-refractivity contribution is 5.69. The summed E-state index contributed by atoms with van der Waals surface area (Å²) in [5.74, 6) is 1.42. The zero-order chi connectivity index (χ0) is 12.6. The number of carbonyl (C=O) groups is 1. The van der Waals surface area contributed by atoms with Crippen LogP contribution in [0.3, 0.4) is 0 Å². The number of hydrogen-bond acceptors (Lipinski definition) is 2. The van der Waals surface area contributed by atoms with Gasteiger partial charge in [-0.1, -0.05) is 43.9 Å². The maximum Gasteiger partial charge on any atom is 0.434 e. The van der Waals surface area contributed by atoms with E-state index in [1.807, 2.05) is 18.2 Å². The van der Waals surface area contributed by atoms with Crippen molar-refractivity contribution < 1.29 is 9.53 Å². The molecule has 0 N–H and O–H groups in total. The molecule has 3 nitrogen and oxygen atoms in total.